The summed E-state index contributed by atoms with van der Waals surface area (Å²) in [6.07, 6.45) is 1.56. The molecule has 0 spiro atoms. The minimum absolute atomic E-state index is 0.0517. The Hall–Kier alpha value is -1.93. The van der Waals surface area contributed by atoms with Crippen LogP contribution in [0.4, 0.5) is 0 Å². The van der Waals surface area contributed by atoms with Gasteiger partial charge in [-0.1, -0.05) is 0 Å². The van der Waals surface area contributed by atoms with E-state index in [2.05, 4.69) is 0 Å². The number of hydrogen-bond donors (Lipinski definition) is 1. The number of sulfonamides is 1. The lowest BCUT2D eigenvalue weighted by molar-refractivity contribution is -0.142. The zero-order valence-electron chi connectivity index (χ0n) is 14.4. The van der Waals surface area contributed by atoms with Crippen molar-refractivity contribution in [2.45, 2.75) is 50.1 Å². The van der Waals surface area contributed by atoms with Crippen molar-refractivity contribution in [2.75, 3.05) is 7.11 Å². The highest BCUT2D eigenvalue weighted by Gasteiger charge is 2.54. The van der Waals surface area contributed by atoms with Gasteiger partial charge in [0, 0.05) is 12.1 Å². The average Bonchev–Trinajstić information content (AvgIpc) is 3.15. The molecule has 0 radical (unpaired) electrons. The van der Waals surface area contributed by atoms with Crippen molar-refractivity contribution in [1.82, 2.24) is 4.31 Å². The van der Waals surface area contributed by atoms with Crippen LogP contribution in [0.2, 0.25) is 0 Å². The van der Waals surface area contributed by atoms with E-state index in [1.54, 1.807) is 19.9 Å². The Kier molecular flexibility index (Phi) is 4.36. The molecule has 2 bridgehead atoms. The van der Waals surface area contributed by atoms with Crippen molar-refractivity contribution in [3.05, 3.63) is 28.8 Å². The minimum atomic E-state index is -3.90. The van der Waals surface area contributed by atoms with E-state index in [0.717, 1.165) is 0 Å². The van der Waals surface area contributed by atoms with E-state index in [4.69, 9.17) is 4.74 Å². The van der Waals surface area contributed by atoms with Crippen LogP contribution in [-0.2, 0) is 19.6 Å². The molecule has 0 saturated carbocycles. The first kappa shape index (κ1) is 17.9. The van der Waals surface area contributed by atoms with Gasteiger partial charge in [-0.05, 0) is 56.4 Å². The molecule has 25 heavy (non-hydrogen) atoms. The number of rotatable bonds is 4. The average molecular weight is 367 g/mol. The third kappa shape index (κ3) is 2.73. The number of methoxy groups -OCH3 is 1. The van der Waals surface area contributed by atoms with Gasteiger partial charge in [0.05, 0.1) is 23.5 Å². The molecule has 7 nitrogen and oxygen atoms in total. The van der Waals surface area contributed by atoms with Crippen molar-refractivity contribution in [3.63, 3.8) is 0 Å². The molecule has 0 aromatic heterocycles. The van der Waals surface area contributed by atoms with E-state index in [9.17, 15) is 23.1 Å². The highest BCUT2D eigenvalue weighted by Crippen LogP contribution is 2.45. The van der Waals surface area contributed by atoms with Crippen LogP contribution >= 0.6 is 0 Å². The summed E-state index contributed by atoms with van der Waals surface area (Å²) in [7, 11) is -2.66. The smallest absolute Gasteiger partial charge is 0.337 e. The maximum atomic E-state index is 13.3. The second kappa shape index (κ2) is 6.10. The lowest BCUT2D eigenvalue weighted by atomic mass is 9.89. The molecule has 1 aromatic rings. The second-order valence-electron chi connectivity index (χ2n) is 6.72. The van der Waals surface area contributed by atoms with Crippen molar-refractivity contribution >= 4 is 22.0 Å². The molecule has 2 aliphatic rings. The molecule has 0 amide bonds. The van der Waals surface area contributed by atoms with Gasteiger partial charge in [0.2, 0.25) is 10.0 Å². The largest absolute Gasteiger partial charge is 0.481 e. The Morgan fingerprint density at radius 1 is 1.24 bits per heavy atom. The molecule has 1 N–H and O–H groups in total. The summed E-state index contributed by atoms with van der Waals surface area (Å²) in [5.74, 6) is -2.23. The van der Waals surface area contributed by atoms with Crippen LogP contribution in [-0.4, -0.2) is 49.0 Å². The fourth-order valence-electron chi connectivity index (χ4n) is 4.02. The summed E-state index contributed by atoms with van der Waals surface area (Å²) in [6.45, 7) is 3.43. The molecule has 136 valence electrons. The lowest BCUT2D eigenvalue weighted by Crippen LogP contribution is -2.38. The van der Waals surface area contributed by atoms with Gasteiger partial charge in [0.15, 0.2) is 0 Å². The normalized spacial score (nSPS) is 26.0. The number of carbonyl (C=O) groups excluding carboxylic acids is 1. The third-order valence-electron chi connectivity index (χ3n) is 5.39. The number of carbonyl (C=O) groups is 2. The van der Waals surface area contributed by atoms with Crippen LogP contribution < -0.4 is 0 Å². The summed E-state index contributed by atoms with van der Waals surface area (Å²) in [4.78, 5) is 23.3. The maximum absolute atomic E-state index is 13.3. The maximum Gasteiger partial charge on any atom is 0.337 e. The van der Waals surface area contributed by atoms with E-state index in [1.807, 2.05) is 0 Å². The number of ether oxygens (including phenoxy) is 1. The fourth-order valence-corrected chi connectivity index (χ4v) is 6.27. The Morgan fingerprint density at radius 2 is 1.92 bits per heavy atom. The number of fused-ring (bicyclic) bond motifs is 2. The molecule has 8 heteroatoms. The van der Waals surface area contributed by atoms with Gasteiger partial charge < -0.3 is 9.84 Å². The summed E-state index contributed by atoms with van der Waals surface area (Å²) in [6, 6.07) is 2.11. The number of carboxylic acid groups (broad SMARTS) is 1. The predicted octanol–water partition coefficient (Wildman–Crippen LogP) is 1.72. The van der Waals surface area contributed by atoms with Gasteiger partial charge in [-0.25, -0.2) is 13.2 Å². The number of esters is 1. The van der Waals surface area contributed by atoms with Crippen LogP contribution in [0.15, 0.2) is 17.0 Å². The van der Waals surface area contributed by atoms with Gasteiger partial charge in [-0.15, -0.1) is 0 Å². The standard InChI is InChI=1S/C17H21NO6S/c1-9-6-11(17(21)24-3)7-15(10(9)2)25(22,23)18-12-4-5-14(18)13(8-12)16(19)20/h6-7,12-14H,4-5,8H2,1-3H3,(H,19,20). The molecular weight excluding hydrogens is 346 g/mol. The summed E-state index contributed by atoms with van der Waals surface area (Å²) < 4.78 is 32.6. The van der Waals surface area contributed by atoms with Gasteiger partial charge in [-0.3, -0.25) is 4.79 Å². The summed E-state index contributed by atoms with van der Waals surface area (Å²) >= 11 is 0. The molecule has 2 heterocycles. The number of aryl methyl sites for hydroxylation is 1. The number of aliphatic carboxylic acids is 1. The summed E-state index contributed by atoms with van der Waals surface area (Å²) in [5.41, 5.74) is 1.40. The van der Waals surface area contributed by atoms with E-state index in [-0.39, 0.29) is 16.5 Å². The van der Waals surface area contributed by atoms with E-state index >= 15 is 0 Å². The Labute approximate surface area is 146 Å². The number of hydrogen-bond acceptors (Lipinski definition) is 5. The predicted molar refractivity (Wildman–Crippen MR) is 88.8 cm³/mol. The molecule has 1 aromatic carbocycles. The van der Waals surface area contributed by atoms with Gasteiger partial charge in [0.25, 0.3) is 0 Å². The van der Waals surface area contributed by atoms with Crippen molar-refractivity contribution in [3.8, 4) is 0 Å². The van der Waals surface area contributed by atoms with Gasteiger partial charge in [0.1, 0.15) is 0 Å². The van der Waals surface area contributed by atoms with Gasteiger partial charge in [-0.2, -0.15) is 4.31 Å². The summed E-state index contributed by atoms with van der Waals surface area (Å²) in [5, 5.41) is 9.35. The van der Waals surface area contributed by atoms with Crippen LogP contribution in [0.3, 0.4) is 0 Å². The quantitative estimate of drug-likeness (QED) is 0.813. The zero-order valence-corrected chi connectivity index (χ0v) is 15.2. The molecule has 3 rings (SSSR count). The Balaban J connectivity index is 2.08. The molecule has 2 fully saturated rings. The topological polar surface area (TPSA) is 101 Å². The van der Waals surface area contributed by atoms with Gasteiger partial charge >= 0.3 is 11.9 Å². The van der Waals surface area contributed by atoms with Crippen LogP contribution in [0.25, 0.3) is 0 Å². The number of benzene rings is 1. The third-order valence-corrected chi connectivity index (χ3v) is 7.49. The lowest BCUT2D eigenvalue weighted by Gasteiger charge is -2.24. The second-order valence-corrected chi connectivity index (χ2v) is 8.53. The monoisotopic (exact) mass is 367 g/mol. The Morgan fingerprint density at radius 3 is 2.48 bits per heavy atom. The molecule has 0 aliphatic carbocycles. The first-order chi connectivity index (χ1) is 11.7. The first-order valence-corrected chi connectivity index (χ1v) is 9.58. The highest BCUT2D eigenvalue weighted by molar-refractivity contribution is 7.89. The van der Waals surface area contributed by atoms with Crippen molar-refractivity contribution in [1.29, 1.82) is 0 Å². The van der Waals surface area contributed by atoms with Crippen LogP contribution in [0.1, 0.15) is 40.7 Å². The SMILES string of the molecule is COC(=O)c1cc(C)c(C)c(S(=O)(=O)N2C3CCC2C(C(=O)O)C3)c1. The zero-order chi connectivity index (χ0) is 18.5. The molecule has 2 saturated heterocycles. The van der Waals surface area contributed by atoms with Crippen molar-refractivity contribution in [2.24, 2.45) is 5.92 Å². The number of carboxylic acids is 1. The molecule has 2 aliphatic heterocycles. The molecular formula is C17H21NO6S. The highest BCUT2D eigenvalue weighted by atomic mass is 32.2. The Bertz CT molecular complexity index is 847. The van der Waals surface area contributed by atoms with E-state index in [1.165, 1.54) is 17.5 Å². The number of nitrogens with zero attached hydrogens (tertiary/aromatic N) is 1. The van der Waals surface area contributed by atoms with Crippen LogP contribution in [0, 0.1) is 19.8 Å². The van der Waals surface area contributed by atoms with E-state index < -0.39 is 33.9 Å². The molecule has 3 unspecified atom stereocenters. The fraction of sp³-hybridized carbons (Fsp3) is 0.529. The van der Waals surface area contributed by atoms with Crippen molar-refractivity contribution < 1.29 is 27.9 Å². The minimum Gasteiger partial charge on any atom is -0.481 e. The van der Waals surface area contributed by atoms with E-state index in [0.29, 0.717) is 30.4 Å². The molecule has 3 atom stereocenters. The first-order valence-electron chi connectivity index (χ1n) is 8.14. The van der Waals surface area contributed by atoms with Crippen LogP contribution in [0.5, 0.6) is 0 Å².